The van der Waals surface area contributed by atoms with Crippen molar-refractivity contribution in [2.24, 2.45) is 0 Å². The van der Waals surface area contributed by atoms with Gasteiger partial charge >= 0.3 is 0 Å². The summed E-state index contributed by atoms with van der Waals surface area (Å²) in [6.07, 6.45) is 3.50. The van der Waals surface area contributed by atoms with E-state index < -0.39 is 0 Å². The summed E-state index contributed by atoms with van der Waals surface area (Å²) in [6.45, 7) is 0.890. The SMILES string of the molecule is O=C(CCc1nc2ccccc2s1)N1CCCC1c1cccs1. The summed E-state index contributed by atoms with van der Waals surface area (Å²) in [7, 11) is 0. The predicted molar refractivity (Wildman–Crippen MR) is 95.9 cm³/mol. The molecule has 23 heavy (non-hydrogen) atoms. The summed E-state index contributed by atoms with van der Waals surface area (Å²) < 4.78 is 1.20. The van der Waals surface area contributed by atoms with Crippen molar-refractivity contribution in [3.8, 4) is 0 Å². The summed E-state index contributed by atoms with van der Waals surface area (Å²) in [4.78, 5) is 20.7. The van der Waals surface area contributed by atoms with Crippen molar-refractivity contribution >= 4 is 38.8 Å². The van der Waals surface area contributed by atoms with Gasteiger partial charge in [-0.05, 0) is 36.4 Å². The van der Waals surface area contributed by atoms with E-state index in [2.05, 4.69) is 33.5 Å². The highest BCUT2D eigenvalue weighted by molar-refractivity contribution is 7.18. The predicted octanol–water partition coefficient (Wildman–Crippen LogP) is 4.65. The van der Waals surface area contributed by atoms with Crippen LogP contribution in [-0.4, -0.2) is 22.3 Å². The zero-order valence-electron chi connectivity index (χ0n) is 12.8. The molecule has 0 aliphatic carbocycles. The van der Waals surface area contributed by atoms with E-state index in [1.54, 1.807) is 22.7 Å². The number of nitrogens with zero attached hydrogens (tertiary/aromatic N) is 2. The quantitative estimate of drug-likeness (QED) is 0.691. The largest absolute Gasteiger partial charge is 0.335 e. The molecular weight excluding hydrogens is 324 g/mol. The molecule has 1 amide bonds. The highest BCUT2D eigenvalue weighted by Crippen LogP contribution is 2.35. The fourth-order valence-corrected chi connectivity index (χ4v) is 5.07. The number of thiazole rings is 1. The lowest BCUT2D eigenvalue weighted by atomic mass is 10.1. The number of fused-ring (bicyclic) bond motifs is 1. The molecule has 3 heterocycles. The molecule has 0 radical (unpaired) electrons. The molecule has 1 aliphatic heterocycles. The Morgan fingerprint density at radius 3 is 3.00 bits per heavy atom. The van der Waals surface area contributed by atoms with Gasteiger partial charge in [0.25, 0.3) is 0 Å². The van der Waals surface area contributed by atoms with Gasteiger partial charge < -0.3 is 4.90 Å². The van der Waals surface area contributed by atoms with Crippen molar-refractivity contribution < 1.29 is 4.79 Å². The number of thiophene rings is 1. The van der Waals surface area contributed by atoms with Crippen LogP contribution in [0.15, 0.2) is 41.8 Å². The Hall–Kier alpha value is -1.72. The molecule has 1 aliphatic rings. The Labute approximate surface area is 143 Å². The van der Waals surface area contributed by atoms with Gasteiger partial charge in [-0.2, -0.15) is 0 Å². The number of aryl methyl sites for hydroxylation is 1. The Kier molecular flexibility index (Phi) is 4.14. The lowest BCUT2D eigenvalue weighted by Gasteiger charge is -2.23. The third-order valence-corrected chi connectivity index (χ3v) is 6.41. The number of likely N-dealkylation sites (tertiary alicyclic amines) is 1. The summed E-state index contributed by atoms with van der Waals surface area (Å²) in [6, 6.07) is 12.7. The van der Waals surface area contributed by atoms with Crippen LogP contribution < -0.4 is 0 Å². The van der Waals surface area contributed by atoms with Crippen LogP contribution in [0, 0.1) is 0 Å². The van der Waals surface area contributed by atoms with Crippen molar-refractivity contribution in [1.29, 1.82) is 0 Å². The Balaban J connectivity index is 1.43. The van der Waals surface area contributed by atoms with Crippen LogP contribution in [0.4, 0.5) is 0 Å². The van der Waals surface area contributed by atoms with E-state index in [0.29, 0.717) is 6.42 Å². The minimum atomic E-state index is 0.264. The van der Waals surface area contributed by atoms with Crippen molar-refractivity contribution in [1.82, 2.24) is 9.88 Å². The van der Waals surface area contributed by atoms with Crippen LogP contribution in [0.3, 0.4) is 0 Å². The maximum absolute atomic E-state index is 12.6. The van der Waals surface area contributed by atoms with Crippen LogP contribution in [0.1, 0.15) is 35.2 Å². The molecule has 0 saturated carbocycles. The number of aromatic nitrogens is 1. The topological polar surface area (TPSA) is 33.2 Å². The molecule has 3 aromatic rings. The van der Waals surface area contributed by atoms with Crippen molar-refractivity contribution in [3.63, 3.8) is 0 Å². The lowest BCUT2D eigenvalue weighted by Crippen LogP contribution is -2.30. The van der Waals surface area contributed by atoms with Crippen LogP contribution in [0.2, 0.25) is 0 Å². The molecule has 1 unspecified atom stereocenters. The molecule has 0 N–H and O–H groups in total. The normalized spacial score (nSPS) is 17.9. The Morgan fingerprint density at radius 1 is 1.26 bits per heavy atom. The second-order valence-corrected chi connectivity index (χ2v) is 7.93. The number of amides is 1. The third kappa shape index (κ3) is 3.03. The molecule has 2 aromatic heterocycles. The first-order chi connectivity index (χ1) is 11.3. The summed E-state index contributed by atoms with van der Waals surface area (Å²) in [5.41, 5.74) is 1.04. The van der Waals surface area contributed by atoms with Gasteiger partial charge in [0, 0.05) is 24.3 Å². The maximum Gasteiger partial charge on any atom is 0.223 e. The first kappa shape index (κ1) is 14.8. The molecule has 3 nitrogen and oxygen atoms in total. The second-order valence-electron chi connectivity index (χ2n) is 5.84. The van der Waals surface area contributed by atoms with Crippen molar-refractivity contribution in [3.05, 3.63) is 51.7 Å². The Bertz CT molecular complexity index is 776. The van der Waals surface area contributed by atoms with Gasteiger partial charge in [0.1, 0.15) is 0 Å². The molecule has 1 fully saturated rings. The lowest BCUT2D eigenvalue weighted by molar-refractivity contribution is -0.132. The van der Waals surface area contributed by atoms with E-state index >= 15 is 0 Å². The highest BCUT2D eigenvalue weighted by Gasteiger charge is 2.30. The maximum atomic E-state index is 12.6. The van der Waals surface area contributed by atoms with Crippen LogP contribution in [0.25, 0.3) is 10.2 Å². The van der Waals surface area contributed by atoms with E-state index in [1.807, 2.05) is 18.2 Å². The molecular formula is C18H18N2OS2. The molecule has 1 atom stereocenters. The number of benzene rings is 1. The minimum absolute atomic E-state index is 0.264. The number of carbonyl (C=O) groups excluding carboxylic acids is 1. The monoisotopic (exact) mass is 342 g/mol. The van der Waals surface area contributed by atoms with Gasteiger partial charge in [0.05, 0.1) is 21.3 Å². The van der Waals surface area contributed by atoms with Crippen molar-refractivity contribution in [2.75, 3.05) is 6.54 Å². The zero-order chi connectivity index (χ0) is 15.6. The van der Waals surface area contributed by atoms with Crippen LogP contribution in [0.5, 0.6) is 0 Å². The molecule has 1 saturated heterocycles. The zero-order valence-corrected chi connectivity index (χ0v) is 14.4. The highest BCUT2D eigenvalue weighted by atomic mass is 32.1. The summed E-state index contributed by atoms with van der Waals surface area (Å²) in [5.74, 6) is 0.264. The van der Waals surface area contributed by atoms with Gasteiger partial charge in [0.15, 0.2) is 0 Å². The summed E-state index contributed by atoms with van der Waals surface area (Å²) in [5, 5.41) is 3.16. The number of para-hydroxylation sites is 1. The van der Waals surface area contributed by atoms with Gasteiger partial charge in [-0.1, -0.05) is 18.2 Å². The minimum Gasteiger partial charge on any atom is -0.335 e. The average Bonchev–Trinajstić information content (AvgIpc) is 3.31. The molecule has 118 valence electrons. The number of carbonyl (C=O) groups is 1. The van der Waals surface area contributed by atoms with Crippen LogP contribution in [-0.2, 0) is 11.2 Å². The van der Waals surface area contributed by atoms with Gasteiger partial charge in [-0.3, -0.25) is 4.79 Å². The number of hydrogen-bond acceptors (Lipinski definition) is 4. The van der Waals surface area contributed by atoms with E-state index in [0.717, 1.165) is 36.3 Å². The van der Waals surface area contributed by atoms with Crippen molar-refractivity contribution in [2.45, 2.75) is 31.7 Å². The standard InChI is InChI=1S/C18H18N2OS2/c21-18(20-11-3-6-14(20)16-8-4-12-22-16)10-9-17-19-13-5-1-2-7-15(13)23-17/h1-2,4-5,7-8,12,14H,3,6,9-11H2. The average molecular weight is 342 g/mol. The molecule has 0 bridgehead atoms. The second kappa shape index (κ2) is 6.42. The summed E-state index contributed by atoms with van der Waals surface area (Å²) >= 11 is 3.46. The van der Waals surface area contributed by atoms with E-state index in [4.69, 9.17) is 0 Å². The molecule has 4 rings (SSSR count). The number of hydrogen-bond donors (Lipinski definition) is 0. The first-order valence-electron chi connectivity index (χ1n) is 7.98. The Morgan fingerprint density at radius 2 is 2.17 bits per heavy atom. The van der Waals surface area contributed by atoms with Crippen LogP contribution >= 0.6 is 22.7 Å². The first-order valence-corrected chi connectivity index (χ1v) is 9.68. The molecule has 0 spiro atoms. The van der Waals surface area contributed by atoms with Gasteiger partial charge in [-0.15, -0.1) is 22.7 Å². The fraction of sp³-hybridized carbons (Fsp3) is 0.333. The fourth-order valence-electron chi connectivity index (χ4n) is 3.23. The number of rotatable bonds is 4. The van der Waals surface area contributed by atoms with Gasteiger partial charge in [-0.25, -0.2) is 4.98 Å². The van der Waals surface area contributed by atoms with Gasteiger partial charge in [0.2, 0.25) is 5.91 Å². The van der Waals surface area contributed by atoms with E-state index in [1.165, 1.54) is 9.58 Å². The smallest absolute Gasteiger partial charge is 0.223 e. The third-order valence-electron chi connectivity index (χ3n) is 4.34. The van der Waals surface area contributed by atoms with E-state index in [9.17, 15) is 4.79 Å². The molecule has 1 aromatic carbocycles. The van der Waals surface area contributed by atoms with E-state index in [-0.39, 0.29) is 11.9 Å². The molecule has 5 heteroatoms.